The molecule has 1 aliphatic carbocycles. The van der Waals surface area contributed by atoms with Gasteiger partial charge in [0.25, 0.3) is 5.91 Å². The number of amides is 1. The van der Waals surface area contributed by atoms with Crippen molar-refractivity contribution in [3.05, 3.63) is 17.5 Å². The smallest absolute Gasteiger partial charge is 0.330 e. The van der Waals surface area contributed by atoms with Crippen molar-refractivity contribution in [2.45, 2.75) is 45.8 Å². The molecule has 1 amide bonds. The number of hydrogen-bond donors (Lipinski definition) is 2. The lowest BCUT2D eigenvalue weighted by Crippen LogP contribution is -2.76. The van der Waals surface area contributed by atoms with Gasteiger partial charge in [0.1, 0.15) is 5.54 Å². The Morgan fingerprint density at radius 3 is 2.59 bits per heavy atom. The topological polar surface area (TPSA) is 93.5 Å². The summed E-state index contributed by atoms with van der Waals surface area (Å²) < 4.78 is 7.16. The van der Waals surface area contributed by atoms with Gasteiger partial charge in [0.15, 0.2) is 0 Å². The number of hydrogen-bond acceptors (Lipinski definition) is 4. The Kier molecular flexibility index (Phi) is 4.04. The molecular formula is C15H23N3O4. The summed E-state index contributed by atoms with van der Waals surface area (Å²) >= 11 is 0. The Morgan fingerprint density at radius 1 is 1.55 bits per heavy atom. The Bertz CT molecular complexity index is 608. The summed E-state index contributed by atoms with van der Waals surface area (Å²) in [6.07, 6.45) is 1.52. The van der Waals surface area contributed by atoms with Crippen molar-refractivity contribution in [1.82, 2.24) is 15.1 Å². The second-order valence-corrected chi connectivity index (χ2v) is 6.30. The highest BCUT2D eigenvalue weighted by atomic mass is 16.5. The van der Waals surface area contributed by atoms with Gasteiger partial charge in [0.05, 0.1) is 17.9 Å². The van der Waals surface area contributed by atoms with Crippen LogP contribution < -0.4 is 5.32 Å². The van der Waals surface area contributed by atoms with Gasteiger partial charge < -0.3 is 15.2 Å². The van der Waals surface area contributed by atoms with Gasteiger partial charge in [0.2, 0.25) is 0 Å². The fourth-order valence-electron chi connectivity index (χ4n) is 3.02. The van der Waals surface area contributed by atoms with E-state index < -0.39 is 22.8 Å². The van der Waals surface area contributed by atoms with Gasteiger partial charge >= 0.3 is 5.97 Å². The van der Waals surface area contributed by atoms with Crippen LogP contribution in [0.15, 0.2) is 6.20 Å². The number of aryl methyl sites for hydroxylation is 1. The maximum absolute atomic E-state index is 12.5. The molecule has 1 aliphatic rings. The molecule has 7 nitrogen and oxygen atoms in total. The average Bonchev–Trinajstić information content (AvgIpc) is 2.77. The molecule has 7 heteroatoms. The third kappa shape index (κ3) is 2.20. The van der Waals surface area contributed by atoms with E-state index in [0.29, 0.717) is 17.9 Å². The van der Waals surface area contributed by atoms with Crippen LogP contribution in [0.1, 0.15) is 43.2 Å². The number of aliphatic carboxylic acids is 1. The number of aromatic nitrogens is 2. The van der Waals surface area contributed by atoms with Crippen molar-refractivity contribution in [2.24, 2.45) is 12.5 Å². The minimum Gasteiger partial charge on any atom is -0.479 e. The lowest BCUT2D eigenvalue weighted by molar-refractivity contribution is -0.190. The highest BCUT2D eigenvalue weighted by molar-refractivity contribution is 5.99. The third-order valence-corrected chi connectivity index (χ3v) is 4.94. The van der Waals surface area contributed by atoms with E-state index in [-0.39, 0.29) is 12.5 Å². The van der Waals surface area contributed by atoms with Crippen molar-refractivity contribution in [3.63, 3.8) is 0 Å². The molecule has 1 saturated carbocycles. The molecule has 2 unspecified atom stereocenters. The first-order valence-electron chi connectivity index (χ1n) is 7.33. The quantitative estimate of drug-likeness (QED) is 0.850. The van der Waals surface area contributed by atoms with Crippen LogP contribution in [0.3, 0.4) is 0 Å². The molecular weight excluding hydrogens is 286 g/mol. The summed E-state index contributed by atoms with van der Waals surface area (Å²) in [5.41, 5.74) is -0.942. The number of rotatable bonds is 5. The van der Waals surface area contributed by atoms with Crippen LogP contribution >= 0.6 is 0 Å². The molecule has 0 aliphatic heterocycles. The van der Waals surface area contributed by atoms with Gasteiger partial charge in [-0.3, -0.25) is 9.48 Å². The largest absolute Gasteiger partial charge is 0.479 e. The number of nitrogens with one attached hydrogen (secondary N) is 1. The first-order valence-corrected chi connectivity index (χ1v) is 7.33. The van der Waals surface area contributed by atoms with Gasteiger partial charge in [-0.2, -0.15) is 5.10 Å². The van der Waals surface area contributed by atoms with Crippen LogP contribution in [-0.4, -0.2) is 45.0 Å². The van der Waals surface area contributed by atoms with E-state index >= 15 is 0 Å². The normalized spacial score (nSPS) is 26.3. The molecule has 2 rings (SSSR count). The molecule has 1 aromatic heterocycles. The Labute approximate surface area is 129 Å². The fraction of sp³-hybridized carbons (Fsp3) is 0.667. The zero-order chi connectivity index (χ0) is 16.7. The number of ether oxygens (including phenoxy) is 1. The molecule has 1 heterocycles. The minimum atomic E-state index is -1.33. The third-order valence-electron chi connectivity index (χ3n) is 4.94. The summed E-state index contributed by atoms with van der Waals surface area (Å²) in [4.78, 5) is 24.3. The van der Waals surface area contributed by atoms with Crippen LogP contribution in [0.5, 0.6) is 0 Å². The Balaban J connectivity index is 2.26. The van der Waals surface area contributed by atoms with E-state index in [1.54, 1.807) is 32.5 Å². The lowest BCUT2D eigenvalue weighted by atomic mass is 9.54. The molecule has 0 saturated heterocycles. The highest BCUT2D eigenvalue weighted by Crippen LogP contribution is 2.51. The van der Waals surface area contributed by atoms with Crippen molar-refractivity contribution in [2.75, 3.05) is 6.61 Å². The zero-order valence-corrected chi connectivity index (χ0v) is 13.6. The maximum atomic E-state index is 12.5. The average molecular weight is 309 g/mol. The molecule has 1 aromatic rings. The first-order chi connectivity index (χ1) is 10.2. The van der Waals surface area contributed by atoms with Crippen molar-refractivity contribution in [1.29, 1.82) is 0 Å². The molecule has 0 aromatic carbocycles. The molecule has 22 heavy (non-hydrogen) atoms. The van der Waals surface area contributed by atoms with Crippen LogP contribution in [0.2, 0.25) is 0 Å². The number of carbonyl (C=O) groups excluding carboxylic acids is 1. The van der Waals surface area contributed by atoms with E-state index in [4.69, 9.17) is 4.74 Å². The van der Waals surface area contributed by atoms with E-state index in [1.165, 1.54) is 6.20 Å². The van der Waals surface area contributed by atoms with Gasteiger partial charge in [0, 0.05) is 31.2 Å². The van der Waals surface area contributed by atoms with Crippen molar-refractivity contribution < 1.29 is 19.4 Å². The molecule has 1 fully saturated rings. The second-order valence-electron chi connectivity index (χ2n) is 6.30. The predicted molar refractivity (Wildman–Crippen MR) is 79.6 cm³/mol. The number of nitrogens with zero attached hydrogens (tertiary/aromatic N) is 2. The van der Waals surface area contributed by atoms with Crippen LogP contribution in [0.25, 0.3) is 0 Å². The fourth-order valence-corrected chi connectivity index (χ4v) is 3.02. The summed E-state index contributed by atoms with van der Waals surface area (Å²) in [6, 6.07) is 0. The predicted octanol–water partition coefficient (Wildman–Crippen LogP) is 1.12. The molecule has 2 atom stereocenters. The van der Waals surface area contributed by atoms with Crippen molar-refractivity contribution >= 4 is 11.9 Å². The van der Waals surface area contributed by atoms with Crippen molar-refractivity contribution in [3.8, 4) is 0 Å². The van der Waals surface area contributed by atoms with E-state index in [9.17, 15) is 14.7 Å². The van der Waals surface area contributed by atoms with E-state index in [2.05, 4.69) is 10.4 Å². The molecule has 122 valence electrons. The molecule has 2 N–H and O–H groups in total. The minimum absolute atomic E-state index is 0.191. The lowest BCUT2D eigenvalue weighted by Gasteiger charge is -2.58. The second kappa shape index (κ2) is 5.39. The van der Waals surface area contributed by atoms with Crippen LogP contribution in [-0.2, 0) is 16.6 Å². The molecule has 0 radical (unpaired) electrons. The van der Waals surface area contributed by atoms with Gasteiger partial charge in [-0.05, 0) is 13.8 Å². The zero-order valence-electron chi connectivity index (χ0n) is 13.6. The van der Waals surface area contributed by atoms with Gasteiger partial charge in [-0.15, -0.1) is 0 Å². The summed E-state index contributed by atoms with van der Waals surface area (Å²) in [5.74, 6) is -1.46. The van der Waals surface area contributed by atoms with Crippen LogP contribution in [0, 0.1) is 12.3 Å². The number of carboxylic acid groups (broad SMARTS) is 1. The Hall–Kier alpha value is -1.89. The molecule has 0 bridgehead atoms. The first kappa shape index (κ1) is 16.5. The SMILES string of the molecule is CCOC1CC(NC(=O)c2cnn(C)c2C)(C(=O)O)C1(C)C. The summed E-state index contributed by atoms with van der Waals surface area (Å²) in [7, 11) is 1.73. The maximum Gasteiger partial charge on any atom is 0.330 e. The number of carbonyl (C=O) groups is 2. The number of carboxylic acids is 1. The van der Waals surface area contributed by atoms with Crippen LogP contribution in [0.4, 0.5) is 0 Å². The highest BCUT2D eigenvalue weighted by Gasteiger charge is 2.66. The summed E-state index contributed by atoms with van der Waals surface area (Å²) in [6.45, 7) is 7.76. The van der Waals surface area contributed by atoms with E-state index in [0.717, 1.165) is 0 Å². The summed E-state index contributed by atoms with van der Waals surface area (Å²) in [5, 5.41) is 16.4. The standard InChI is InChI=1S/C15H23N3O4/c1-6-22-11-7-15(13(20)21,14(11,3)4)17-12(19)10-8-16-18(5)9(10)2/h8,11H,6-7H2,1-5H3,(H,17,19)(H,20,21). The van der Waals surface area contributed by atoms with E-state index in [1.807, 2.05) is 6.92 Å². The Morgan fingerprint density at radius 2 is 2.18 bits per heavy atom. The van der Waals surface area contributed by atoms with Gasteiger partial charge in [-0.1, -0.05) is 13.8 Å². The molecule has 0 spiro atoms. The monoisotopic (exact) mass is 309 g/mol. The van der Waals surface area contributed by atoms with Gasteiger partial charge in [-0.25, -0.2) is 4.79 Å².